The van der Waals surface area contributed by atoms with E-state index in [9.17, 15) is 14.4 Å². The lowest BCUT2D eigenvalue weighted by Gasteiger charge is -2.22. The molecule has 3 rings (SSSR count). The van der Waals surface area contributed by atoms with Crippen LogP contribution in [0.1, 0.15) is 37.4 Å². The second kappa shape index (κ2) is 8.66. The Morgan fingerprint density at radius 3 is 2.45 bits per heavy atom. The van der Waals surface area contributed by atoms with Crippen LogP contribution in [0.4, 0.5) is 4.79 Å². The van der Waals surface area contributed by atoms with Gasteiger partial charge < -0.3 is 10.6 Å². The van der Waals surface area contributed by atoms with Gasteiger partial charge >= 0.3 is 6.03 Å². The average molecular weight is 414 g/mol. The molecule has 1 aliphatic heterocycles. The number of halogens is 1. The van der Waals surface area contributed by atoms with Crippen LogP contribution in [0, 0.1) is 0 Å². The molecule has 1 aliphatic rings. The average Bonchev–Trinajstić information content (AvgIpc) is 2.91. The minimum atomic E-state index is -1.02. The normalized spacial score (nSPS) is 19.8. The molecule has 1 saturated heterocycles. The molecule has 152 valence electrons. The third kappa shape index (κ3) is 4.95. The van der Waals surface area contributed by atoms with Crippen molar-refractivity contribution in [1.82, 2.24) is 15.5 Å². The second-order valence-electron chi connectivity index (χ2n) is 7.48. The highest BCUT2D eigenvalue weighted by molar-refractivity contribution is 6.30. The highest BCUT2D eigenvalue weighted by Gasteiger charge is 2.47. The number of carbonyl (C=O) groups is 3. The Hall–Kier alpha value is -2.86. The zero-order valence-electron chi connectivity index (χ0n) is 16.4. The fourth-order valence-electron chi connectivity index (χ4n) is 3.36. The van der Waals surface area contributed by atoms with E-state index >= 15 is 0 Å². The highest BCUT2D eigenvalue weighted by Crippen LogP contribution is 2.23. The fourth-order valence-corrected chi connectivity index (χ4v) is 3.49. The van der Waals surface area contributed by atoms with Crippen molar-refractivity contribution < 1.29 is 14.4 Å². The summed E-state index contributed by atoms with van der Waals surface area (Å²) in [6, 6.07) is 16.1. The molecule has 0 radical (unpaired) electrons. The monoisotopic (exact) mass is 413 g/mol. The molecule has 0 unspecified atom stereocenters. The summed E-state index contributed by atoms with van der Waals surface area (Å²) in [5, 5.41) is 6.17. The smallest absolute Gasteiger partial charge is 0.325 e. The molecule has 2 N–H and O–H groups in total. The van der Waals surface area contributed by atoms with E-state index in [-0.39, 0.29) is 18.5 Å². The Balaban J connectivity index is 1.58. The summed E-state index contributed by atoms with van der Waals surface area (Å²) < 4.78 is 0. The van der Waals surface area contributed by atoms with E-state index in [4.69, 9.17) is 11.6 Å². The third-order valence-electron chi connectivity index (χ3n) is 5.15. The molecule has 0 aliphatic carbocycles. The minimum Gasteiger partial charge on any atom is -0.348 e. The van der Waals surface area contributed by atoms with Gasteiger partial charge in [0, 0.05) is 5.02 Å². The number of nitrogens with zero attached hydrogens (tertiary/aromatic N) is 1. The van der Waals surface area contributed by atoms with Crippen LogP contribution < -0.4 is 10.6 Å². The van der Waals surface area contributed by atoms with Gasteiger partial charge in [0.1, 0.15) is 12.1 Å². The second-order valence-corrected chi connectivity index (χ2v) is 7.92. The highest BCUT2D eigenvalue weighted by atomic mass is 35.5. The zero-order chi connectivity index (χ0) is 21.0. The summed E-state index contributed by atoms with van der Waals surface area (Å²) in [7, 11) is 0. The van der Waals surface area contributed by atoms with E-state index in [2.05, 4.69) is 10.6 Å². The lowest BCUT2D eigenvalue weighted by atomic mass is 9.93. The summed E-state index contributed by atoms with van der Waals surface area (Å²) >= 11 is 5.88. The van der Waals surface area contributed by atoms with Crippen molar-refractivity contribution in [3.05, 3.63) is 70.7 Å². The summed E-state index contributed by atoms with van der Waals surface area (Å²) in [6.45, 7) is 3.21. The molecule has 1 fully saturated rings. The van der Waals surface area contributed by atoms with E-state index < -0.39 is 17.5 Å². The summed E-state index contributed by atoms with van der Waals surface area (Å²) in [4.78, 5) is 38.6. The molecule has 0 bridgehead atoms. The van der Waals surface area contributed by atoms with Crippen molar-refractivity contribution in [1.29, 1.82) is 0 Å². The molecule has 2 aromatic rings. The van der Waals surface area contributed by atoms with Crippen molar-refractivity contribution in [2.45, 2.75) is 38.3 Å². The molecule has 29 heavy (non-hydrogen) atoms. The molecule has 0 spiro atoms. The molecule has 2 aromatic carbocycles. The van der Waals surface area contributed by atoms with Crippen molar-refractivity contribution in [2.75, 3.05) is 6.54 Å². The van der Waals surface area contributed by atoms with Crippen molar-refractivity contribution >= 4 is 29.4 Å². The van der Waals surface area contributed by atoms with E-state index in [1.807, 2.05) is 49.4 Å². The van der Waals surface area contributed by atoms with Crippen LogP contribution in [0.15, 0.2) is 54.6 Å². The van der Waals surface area contributed by atoms with E-state index in [0.29, 0.717) is 17.9 Å². The lowest BCUT2D eigenvalue weighted by Crippen LogP contribution is -2.45. The van der Waals surface area contributed by atoms with Crippen molar-refractivity contribution in [3.63, 3.8) is 0 Å². The van der Waals surface area contributed by atoms with Crippen LogP contribution in [-0.4, -0.2) is 34.8 Å². The largest absolute Gasteiger partial charge is 0.348 e. The Morgan fingerprint density at radius 2 is 1.79 bits per heavy atom. The number of imide groups is 1. The number of benzene rings is 2. The van der Waals surface area contributed by atoms with E-state index in [0.717, 1.165) is 16.0 Å². The summed E-state index contributed by atoms with van der Waals surface area (Å²) in [6.07, 6.45) is 1.11. The van der Waals surface area contributed by atoms with Gasteiger partial charge in [-0.25, -0.2) is 4.79 Å². The van der Waals surface area contributed by atoms with Gasteiger partial charge in [-0.05, 0) is 49.9 Å². The van der Waals surface area contributed by atoms with Gasteiger partial charge in [-0.3, -0.25) is 14.5 Å². The van der Waals surface area contributed by atoms with Crippen LogP contribution in [0.3, 0.4) is 0 Å². The standard InChI is InChI=1S/C22H24ClN3O3/c1-15(17-8-10-18(23)11-9-17)24-19(27)14-26-20(28)22(2,25-21(26)29)13-12-16-6-4-3-5-7-16/h3-11,15H,12-14H2,1-2H3,(H,24,27)(H,25,29)/t15-,22-/m0/s1. The van der Waals surface area contributed by atoms with Crippen LogP contribution in [0.25, 0.3) is 0 Å². The maximum absolute atomic E-state index is 12.8. The SMILES string of the molecule is C[C@H](NC(=O)CN1C(=O)N[C@@](C)(CCc2ccccc2)C1=O)c1ccc(Cl)cc1. The van der Waals surface area contributed by atoms with E-state index in [1.54, 1.807) is 19.1 Å². The first-order valence-corrected chi connectivity index (χ1v) is 9.89. The molecule has 6 nitrogen and oxygen atoms in total. The first-order valence-electron chi connectivity index (χ1n) is 9.51. The van der Waals surface area contributed by atoms with Crippen LogP contribution >= 0.6 is 11.6 Å². The lowest BCUT2D eigenvalue weighted by molar-refractivity contribution is -0.134. The van der Waals surface area contributed by atoms with Gasteiger partial charge in [0.2, 0.25) is 5.91 Å². The van der Waals surface area contributed by atoms with Crippen LogP contribution in [0.2, 0.25) is 5.02 Å². The molecule has 7 heteroatoms. The van der Waals surface area contributed by atoms with Gasteiger partial charge in [-0.15, -0.1) is 0 Å². The summed E-state index contributed by atoms with van der Waals surface area (Å²) in [5.74, 6) is -0.781. The number of urea groups is 1. The predicted octanol–water partition coefficient (Wildman–Crippen LogP) is 3.46. The number of aryl methyl sites for hydroxylation is 1. The zero-order valence-corrected chi connectivity index (χ0v) is 17.2. The molecule has 0 saturated carbocycles. The molecule has 2 atom stereocenters. The Kier molecular flexibility index (Phi) is 6.23. The van der Waals surface area contributed by atoms with Gasteiger partial charge in [0.25, 0.3) is 5.91 Å². The molecule has 4 amide bonds. The number of nitrogens with one attached hydrogen (secondary N) is 2. The number of hydrogen-bond donors (Lipinski definition) is 2. The van der Waals surface area contributed by atoms with Gasteiger partial charge in [-0.2, -0.15) is 0 Å². The minimum absolute atomic E-state index is 0.273. The first kappa shape index (κ1) is 20.9. The summed E-state index contributed by atoms with van der Waals surface area (Å²) in [5.41, 5.74) is 0.950. The van der Waals surface area contributed by atoms with E-state index in [1.165, 1.54) is 0 Å². The quantitative estimate of drug-likeness (QED) is 0.682. The number of carbonyl (C=O) groups excluding carboxylic acids is 3. The Morgan fingerprint density at radius 1 is 1.14 bits per heavy atom. The van der Waals surface area contributed by atoms with Gasteiger partial charge in [0.05, 0.1) is 6.04 Å². The Bertz CT molecular complexity index is 901. The molecule has 1 heterocycles. The van der Waals surface area contributed by atoms with Crippen molar-refractivity contribution in [2.24, 2.45) is 0 Å². The van der Waals surface area contributed by atoms with Gasteiger partial charge in [0.15, 0.2) is 0 Å². The molecular formula is C22H24ClN3O3. The molecule has 0 aromatic heterocycles. The topological polar surface area (TPSA) is 78.5 Å². The van der Waals surface area contributed by atoms with Crippen molar-refractivity contribution in [3.8, 4) is 0 Å². The third-order valence-corrected chi connectivity index (χ3v) is 5.40. The number of hydrogen-bond acceptors (Lipinski definition) is 3. The Labute approximate surface area is 175 Å². The fraction of sp³-hybridized carbons (Fsp3) is 0.318. The van der Waals surface area contributed by atoms with Gasteiger partial charge in [-0.1, -0.05) is 54.1 Å². The van der Waals surface area contributed by atoms with Crippen LogP contribution in [-0.2, 0) is 16.0 Å². The number of rotatable bonds is 7. The predicted molar refractivity (Wildman–Crippen MR) is 111 cm³/mol. The molecular weight excluding hydrogens is 390 g/mol. The maximum atomic E-state index is 12.8. The number of amides is 4. The first-order chi connectivity index (χ1) is 13.8. The van der Waals surface area contributed by atoms with Crippen LogP contribution in [0.5, 0.6) is 0 Å². The maximum Gasteiger partial charge on any atom is 0.325 e.